The van der Waals surface area contributed by atoms with Crippen molar-refractivity contribution >= 4 is 5.69 Å². The van der Waals surface area contributed by atoms with Crippen LogP contribution in [0.1, 0.15) is 25.3 Å². The van der Waals surface area contributed by atoms with Gasteiger partial charge in [0.1, 0.15) is 0 Å². The summed E-state index contributed by atoms with van der Waals surface area (Å²) in [5.41, 5.74) is 1.71. The zero-order chi connectivity index (χ0) is 11.6. The lowest BCUT2D eigenvalue weighted by Crippen LogP contribution is -2.09. The molecule has 0 heterocycles. The maximum atomic E-state index is 8.63. The third-order valence-corrected chi connectivity index (χ3v) is 2.23. The normalized spacial score (nSPS) is 9.75. The molecule has 3 nitrogen and oxygen atoms in total. The van der Waals surface area contributed by atoms with Crippen LogP contribution in [0.4, 0.5) is 5.69 Å². The Balaban J connectivity index is 2.15. The van der Waals surface area contributed by atoms with Gasteiger partial charge < -0.3 is 10.1 Å². The van der Waals surface area contributed by atoms with E-state index in [4.69, 9.17) is 10.00 Å². The summed E-state index contributed by atoms with van der Waals surface area (Å²) in [6.45, 7) is 4.51. The molecule has 16 heavy (non-hydrogen) atoms. The highest BCUT2D eigenvalue weighted by Gasteiger charge is 1.93. The molecule has 0 bridgehead atoms. The van der Waals surface area contributed by atoms with Crippen LogP contribution in [0.25, 0.3) is 0 Å². The Morgan fingerprint density at radius 3 is 2.62 bits per heavy atom. The summed E-state index contributed by atoms with van der Waals surface area (Å²) in [5.74, 6) is 0. The van der Waals surface area contributed by atoms with Crippen molar-refractivity contribution in [3.8, 4) is 6.07 Å². The second kappa shape index (κ2) is 7.72. The van der Waals surface area contributed by atoms with Crippen LogP contribution in [0.2, 0.25) is 0 Å². The smallest absolute Gasteiger partial charge is 0.0991 e. The number of ether oxygens (including phenoxy) is 1. The number of nitrogens with one attached hydrogen (secondary N) is 1. The van der Waals surface area contributed by atoms with Gasteiger partial charge in [0.2, 0.25) is 0 Å². The van der Waals surface area contributed by atoms with E-state index in [0.29, 0.717) is 5.56 Å². The summed E-state index contributed by atoms with van der Waals surface area (Å²) in [5, 5.41) is 11.9. The van der Waals surface area contributed by atoms with Gasteiger partial charge in [-0.2, -0.15) is 5.26 Å². The number of benzene rings is 1. The lowest BCUT2D eigenvalue weighted by Gasteiger charge is -2.06. The lowest BCUT2D eigenvalue weighted by molar-refractivity contribution is 0.141. The average Bonchev–Trinajstić information content (AvgIpc) is 2.34. The first-order chi connectivity index (χ1) is 7.86. The highest BCUT2D eigenvalue weighted by molar-refractivity contribution is 5.46. The minimum absolute atomic E-state index is 0.685. The predicted molar refractivity (Wildman–Crippen MR) is 65.4 cm³/mol. The number of hydrogen-bond donors (Lipinski definition) is 1. The van der Waals surface area contributed by atoms with E-state index in [2.05, 4.69) is 18.3 Å². The molecular weight excluding hydrogens is 200 g/mol. The van der Waals surface area contributed by atoms with Gasteiger partial charge in [-0.1, -0.05) is 13.3 Å². The first kappa shape index (κ1) is 12.5. The van der Waals surface area contributed by atoms with Crippen molar-refractivity contribution in [1.82, 2.24) is 0 Å². The van der Waals surface area contributed by atoms with Crippen molar-refractivity contribution in [2.45, 2.75) is 19.8 Å². The Bertz CT molecular complexity index is 327. The Labute approximate surface area is 97.0 Å². The molecule has 0 radical (unpaired) electrons. The molecule has 1 rings (SSSR count). The molecule has 0 amide bonds. The summed E-state index contributed by atoms with van der Waals surface area (Å²) < 4.78 is 5.43. The van der Waals surface area contributed by atoms with Gasteiger partial charge in [0.25, 0.3) is 0 Å². The van der Waals surface area contributed by atoms with E-state index in [1.54, 1.807) is 12.1 Å². The summed E-state index contributed by atoms with van der Waals surface area (Å²) in [6, 6.07) is 9.52. The molecule has 0 spiro atoms. The van der Waals surface area contributed by atoms with Crippen molar-refractivity contribution < 1.29 is 4.74 Å². The number of hydrogen-bond acceptors (Lipinski definition) is 3. The zero-order valence-corrected chi connectivity index (χ0v) is 9.70. The van der Waals surface area contributed by atoms with Crippen LogP contribution in [-0.2, 0) is 4.74 Å². The molecule has 0 aliphatic heterocycles. The Hall–Kier alpha value is -1.53. The van der Waals surface area contributed by atoms with Crippen LogP contribution in [0.5, 0.6) is 0 Å². The largest absolute Gasteiger partial charge is 0.383 e. The molecule has 0 fully saturated rings. The van der Waals surface area contributed by atoms with Gasteiger partial charge >= 0.3 is 0 Å². The molecule has 0 saturated carbocycles. The van der Waals surface area contributed by atoms with E-state index >= 15 is 0 Å². The lowest BCUT2D eigenvalue weighted by atomic mass is 10.2. The van der Waals surface area contributed by atoms with Crippen molar-refractivity contribution in [3.63, 3.8) is 0 Å². The van der Waals surface area contributed by atoms with E-state index in [0.717, 1.165) is 31.9 Å². The molecule has 1 N–H and O–H groups in total. The average molecular weight is 218 g/mol. The minimum atomic E-state index is 0.685. The zero-order valence-electron chi connectivity index (χ0n) is 9.70. The van der Waals surface area contributed by atoms with Crippen molar-refractivity contribution in [1.29, 1.82) is 5.26 Å². The second-order valence-corrected chi connectivity index (χ2v) is 3.58. The Morgan fingerprint density at radius 2 is 2.00 bits per heavy atom. The first-order valence-corrected chi connectivity index (χ1v) is 5.68. The fourth-order valence-corrected chi connectivity index (χ4v) is 1.28. The maximum Gasteiger partial charge on any atom is 0.0991 e. The monoisotopic (exact) mass is 218 g/mol. The van der Waals surface area contributed by atoms with Crippen LogP contribution in [0, 0.1) is 11.3 Å². The van der Waals surface area contributed by atoms with Crippen molar-refractivity contribution in [2.75, 3.05) is 25.1 Å². The highest BCUT2D eigenvalue weighted by atomic mass is 16.5. The van der Waals surface area contributed by atoms with Gasteiger partial charge in [-0.15, -0.1) is 0 Å². The van der Waals surface area contributed by atoms with Crippen molar-refractivity contribution in [3.05, 3.63) is 29.8 Å². The quantitative estimate of drug-likeness (QED) is 0.716. The third-order valence-electron chi connectivity index (χ3n) is 2.23. The van der Waals surface area contributed by atoms with E-state index in [1.807, 2.05) is 12.1 Å². The van der Waals surface area contributed by atoms with Crippen LogP contribution in [0.3, 0.4) is 0 Å². The number of unbranched alkanes of at least 4 members (excludes halogenated alkanes) is 1. The van der Waals surface area contributed by atoms with Gasteiger partial charge in [0.05, 0.1) is 18.2 Å². The van der Waals surface area contributed by atoms with E-state index in [-0.39, 0.29) is 0 Å². The van der Waals surface area contributed by atoms with Gasteiger partial charge in [0, 0.05) is 18.8 Å². The number of nitriles is 1. The fraction of sp³-hybridized carbons (Fsp3) is 0.462. The molecule has 1 aromatic carbocycles. The predicted octanol–water partition coefficient (Wildman–Crippen LogP) is 2.79. The standard InChI is InChI=1S/C13H18N2O/c1-2-3-9-16-10-8-15-13-6-4-12(11-14)5-7-13/h4-7,15H,2-3,8-10H2,1H3. The first-order valence-electron chi connectivity index (χ1n) is 5.68. The molecule has 0 saturated heterocycles. The van der Waals surface area contributed by atoms with Crippen LogP contribution in [0.15, 0.2) is 24.3 Å². The SMILES string of the molecule is CCCCOCCNc1ccc(C#N)cc1. The van der Waals surface area contributed by atoms with Gasteiger partial charge in [0.15, 0.2) is 0 Å². The van der Waals surface area contributed by atoms with E-state index in [1.165, 1.54) is 6.42 Å². The molecule has 0 aromatic heterocycles. The van der Waals surface area contributed by atoms with Crippen LogP contribution < -0.4 is 5.32 Å². The number of nitrogens with zero attached hydrogens (tertiary/aromatic N) is 1. The van der Waals surface area contributed by atoms with Gasteiger partial charge in [-0.3, -0.25) is 0 Å². The van der Waals surface area contributed by atoms with Gasteiger partial charge in [-0.25, -0.2) is 0 Å². The molecule has 3 heteroatoms. The van der Waals surface area contributed by atoms with Crippen molar-refractivity contribution in [2.24, 2.45) is 0 Å². The summed E-state index contributed by atoms with van der Waals surface area (Å²) >= 11 is 0. The Kier molecular flexibility index (Phi) is 6.05. The summed E-state index contributed by atoms with van der Waals surface area (Å²) in [7, 11) is 0. The molecule has 86 valence electrons. The van der Waals surface area contributed by atoms with Gasteiger partial charge in [-0.05, 0) is 30.7 Å². The number of anilines is 1. The highest BCUT2D eigenvalue weighted by Crippen LogP contribution is 2.07. The second-order valence-electron chi connectivity index (χ2n) is 3.58. The third kappa shape index (κ3) is 4.81. The minimum Gasteiger partial charge on any atom is -0.383 e. The summed E-state index contributed by atoms with van der Waals surface area (Å²) in [4.78, 5) is 0. The molecule has 0 aliphatic carbocycles. The van der Waals surface area contributed by atoms with Crippen LogP contribution >= 0.6 is 0 Å². The number of rotatable bonds is 7. The van der Waals surface area contributed by atoms with Crippen LogP contribution in [-0.4, -0.2) is 19.8 Å². The van der Waals surface area contributed by atoms with E-state index < -0.39 is 0 Å². The topological polar surface area (TPSA) is 45.0 Å². The molecule has 0 unspecified atom stereocenters. The molecule has 1 aromatic rings. The maximum absolute atomic E-state index is 8.63. The Morgan fingerprint density at radius 1 is 1.25 bits per heavy atom. The fourth-order valence-electron chi connectivity index (χ4n) is 1.28. The molecule has 0 atom stereocenters. The molecular formula is C13H18N2O. The molecule has 0 aliphatic rings. The van der Waals surface area contributed by atoms with E-state index in [9.17, 15) is 0 Å². The summed E-state index contributed by atoms with van der Waals surface area (Å²) in [6.07, 6.45) is 2.29.